The molecule has 1 atom stereocenters. The Morgan fingerprint density at radius 2 is 1.73 bits per heavy atom. The summed E-state index contributed by atoms with van der Waals surface area (Å²) < 4.78 is 24.1. The van der Waals surface area contributed by atoms with Crippen LogP contribution >= 0.6 is 22.9 Å². The van der Waals surface area contributed by atoms with Crippen LogP contribution in [0.25, 0.3) is 0 Å². The second-order valence-electron chi connectivity index (χ2n) is 7.02. The highest BCUT2D eigenvalue weighted by molar-refractivity contribution is 7.90. The van der Waals surface area contributed by atoms with E-state index in [1.54, 1.807) is 31.2 Å². The van der Waals surface area contributed by atoms with Gasteiger partial charge in [0, 0.05) is 17.7 Å². The maximum atomic E-state index is 13.4. The largest absolute Gasteiger partial charge is 0.336 e. The third kappa shape index (κ3) is 4.74. The molecule has 160 valence electrons. The Labute approximate surface area is 184 Å². The van der Waals surface area contributed by atoms with Gasteiger partial charge in [-0.25, -0.2) is 8.42 Å². The average Bonchev–Trinajstić information content (AvgIpc) is 3.21. The normalized spacial score (nSPS) is 14.7. The van der Waals surface area contributed by atoms with Crippen molar-refractivity contribution in [3.8, 4) is 0 Å². The van der Waals surface area contributed by atoms with E-state index in [-0.39, 0.29) is 29.8 Å². The van der Waals surface area contributed by atoms with Crippen molar-refractivity contribution in [1.82, 2.24) is 9.80 Å². The molecule has 1 aromatic heterocycles. The molecule has 3 rings (SSSR count). The first kappa shape index (κ1) is 22.5. The molecule has 0 fully saturated rings. The number of fused-ring (bicyclic) bond motifs is 1. The summed E-state index contributed by atoms with van der Waals surface area (Å²) in [5.41, 5.74) is 0.431. The van der Waals surface area contributed by atoms with Gasteiger partial charge in [-0.3, -0.25) is 19.3 Å². The average molecular weight is 469 g/mol. The summed E-state index contributed by atoms with van der Waals surface area (Å²) in [5.74, 6) is -1.96. The minimum Gasteiger partial charge on any atom is -0.336 e. The van der Waals surface area contributed by atoms with Gasteiger partial charge in [0.05, 0.1) is 27.8 Å². The van der Waals surface area contributed by atoms with Crippen LogP contribution in [0.1, 0.15) is 38.9 Å². The van der Waals surface area contributed by atoms with Crippen LogP contribution in [0, 0.1) is 0 Å². The molecule has 7 nitrogen and oxygen atoms in total. The third-order valence-corrected chi connectivity index (χ3v) is 7.05. The molecular weight excluding hydrogens is 448 g/mol. The number of carbonyl (C=O) groups excluding carboxylic acids is 3. The Balaban J connectivity index is 1.93. The van der Waals surface area contributed by atoms with Gasteiger partial charge in [0.25, 0.3) is 11.8 Å². The smallest absolute Gasteiger partial charge is 0.262 e. The summed E-state index contributed by atoms with van der Waals surface area (Å²) >= 11 is 7.30. The summed E-state index contributed by atoms with van der Waals surface area (Å²) in [7, 11) is -3.41. The second-order valence-corrected chi connectivity index (χ2v) is 11.1. The fraction of sp³-hybridized carbons (Fsp3) is 0.350. The maximum Gasteiger partial charge on any atom is 0.262 e. The number of hydrogen-bond acceptors (Lipinski definition) is 6. The highest BCUT2D eigenvalue weighted by Gasteiger charge is 2.43. The molecule has 0 radical (unpaired) electrons. The number of likely N-dealkylation sites (N-methyl/N-ethyl adjacent to an activating group) is 1. The number of nitrogens with zero attached hydrogens (tertiary/aromatic N) is 2. The quantitative estimate of drug-likeness (QED) is 0.555. The summed E-state index contributed by atoms with van der Waals surface area (Å²) in [6, 6.07) is 8.65. The van der Waals surface area contributed by atoms with Crippen LogP contribution in [0.5, 0.6) is 0 Å². The first-order chi connectivity index (χ1) is 14.1. The van der Waals surface area contributed by atoms with E-state index in [0.717, 1.165) is 16.0 Å². The molecule has 0 bridgehead atoms. The molecule has 2 aromatic rings. The van der Waals surface area contributed by atoms with Gasteiger partial charge in [-0.05, 0) is 37.6 Å². The van der Waals surface area contributed by atoms with E-state index in [9.17, 15) is 22.8 Å². The molecule has 3 amide bonds. The van der Waals surface area contributed by atoms with Gasteiger partial charge in [0.1, 0.15) is 15.9 Å². The van der Waals surface area contributed by atoms with E-state index in [0.29, 0.717) is 10.9 Å². The van der Waals surface area contributed by atoms with Crippen LogP contribution in [-0.4, -0.2) is 60.5 Å². The number of carbonyl (C=O) groups is 3. The van der Waals surface area contributed by atoms with Gasteiger partial charge in [-0.15, -0.1) is 11.3 Å². The Bertz CT molecular complexity index is 1060. The van der Waals surface area contributed by atoms with Gasteiger partial charge in [-0.1, -0.05) is 23.7 Å². The van der Waals surface area contributed by atoms with Crippen molar-refractivity contribution < 1.29 is 22.8 Å². The van der Waals surface area contributed by atoms with E-state index in [1.807, 2.05) is 0 Å². The number of sulfone groups is 1. The van der Waals surface area contributed by atoms with Crippen LogP contribution in [0.3, 0.4) is 0 Å². The van der Waals surface area contributed by atoms with Gasteiger partial charge in [-0.2, -0.15) is 0 Å². The fourth-order valence-corrected chi connectivity index (χ4v) is 5.12. The zero-order valence-corrected chi connectivity index (χ0v) is 18.9. The lowest BCUT2D eigenvalue weighted by Crippen LogP contribution is -2.51. The lowest BCUT2D eigenvalue weighted by atomic mass is 10.1. The number of benzene rings is 1. The van der Waals surface area contributed by atoms with E-state index in [1.165, 1.54) is 28.4 Å². The Kier molecular flexibility index (Phi) is 6.64. The highest BCUT2D eigenvalue weighted by Crippen LogP contribution is 2.28. The topological polar surface area (TPSA) is 91.8 Å². The predicted octanol–water partition coefficient (Wildman–Crippen LogP) is 2.85. The zero-order chi connectivity index (χ0) is 22.1. The molecule has 0 aliphatic carbocycles. The minimum absolute atomic E-state index is 0.162. The number of amides is 3. The zero-order valence-electron chi connectivity index (χ0n) is 16.5. The molecular formula is C20H21ClN2O5S2. The third-order valence-electron chi connectivity index (χ3n) is 4.85. The summed E-state index contributed by atoms with van der Waals surface area (Å²) in [5, 5.41) is 0. The second kappa shape index (κ2) is 8.87. The standard InChI is InChI=1S/C20H21ClN2O5S2/c1-3-22(12-13-8-9-17(21)29-13)20(26)16(10-11-30(2,27)28)23-18(24)14-6-4-5-7-15(14)19(23)25/h4-9,16H,3,10-12H2,1-2H3/t16-/m1/s1. The molecule has 1 aromatic carbocycles. The van der Waals surface area contributed by atoms with E-state index in [4.69, 9.17) is 11.6 Å². The Morgan fingerprint density at radius 1 is 1.13 bits per heavy atom. The monoisotopic (exact) mass is 468 g/mol. The van der Waals surface area contributed by atoms with Crippen LogP contribution in [0.2, 0.25) is 4.34 Å². The van der Waals surface area contributed by atoms with Crippen molar-refractivity contribution in [2.75, 3.05) is 18.6 Å². The molecule has 0 saturated heterocycles. The predicted molar refractivity (Wildman–Crippen MR) is 115 cm³/mol. The summed E-state index contributed by atoms with van der Waals surface area (Å²) in [4.78, 5) is 42.5. The van der Waals surface area contributed by atoms with Crippen LogP contribution in [-0.2, 0) is 21.2 Å². The van der Waals surface area contributed by atoms with Crippen LogP contribution < -0.4 is 0 Å². The highest BCUT2D eigenvalue weighted by atomic mass is 35.5. The molecule has 2 heterocycles. The molecule has 1 aliphatic heterocycles. The van der Waals surface area contributed by atoms with E-state index >= 15 is 0 Å². The number of hydrogen-bond donors (Lipinski definition) is 0. The van der Waals surface area contributed by atoms with Crippen molar-refractivity contribution in [3.05, 3.63) is 56.7 Å². The minimum atomic E-state index is -3.41. The number of rotatable bonds is 8. The first-order valence-corrected chi connectivity index (χ1v) is 12.6. The van der Waals surface area contributed by atoms with Gasteiger partial charge in [0.15, 0.2) is 0 Å². The van der Waals surface area contributed by atoms with E-state index in [2.05, 4.69) is 0 Å². The Morgan fingerprint density at radius 3 is 2.20 bits per heavy atom. The first-order valence-electron chi connectivity index (χ1n) is 9.30. The molecule has 0 unspecified atom stereocenters. The SMILES string of the molecule is CCN(Cc1ccc(Cl)s1)C(=O)[C@@H](CCS(C)(=O)=O)N1C(=O)c2ccccc2C1=O. The van der Waals surface area contributed by atoms with Crippen LogP contribution in [0.4, 0.5) is 0 Å². The van der Waals surface area contributed by atoms with Crippen molar-refractivity contribution >= 4 is 50.5 Å². The fourth-order valence-electron chi connectivity index (χ4n) is 3.36. The molecule has 30 heavy (non-hydrogen) atoms. The van der Waals surface area contributed by atoms with Crippen LogP contribution in [0.15, 0.2) is 36.4 Å². The summed E-state index contributed by atoms with van der Waals surface area (Å²) in [6.07, 6.45) is 0.896. The molecule has 0 N–H and O–H groups in total. The number of halogens is 1. The van der Waals surface area contributed by atoms with Gasteiger partial charge < -0.3 is 4.90 Å². The molecule has 1 aliphatic rings. The van der Waals surface area contributed by atoms with Crippen molar-refractivity contribution in [1.29, 1.82) is 0 Å². The Hall–Kier alpha value is -2.23. The number of imide groups is 1. The van der Waals surface area contributed by atoms with Gasteiger partial charge in [0.2, 0.25) is 5.91 Å². The van der Waals surface area contributed by atoms with Gasteiger partial charge >= 0.3 is 0 Å². The molecule has 10 heteroatoms. The summed E-state index contributed by atoms with van der Waals surface area (Å²) in [6.45, 7) is 2.36. The molecule has 0 spiro atoms. The van der Waals surface area contributed by atoms with Crippen molar-refractivity contribution in [2.24, 2.45) is 0 Å². The van der Waals surface area contributed by atoms with E-state index < -0.39 is 33.6 Å². The maximum absolute atomic E-state index is 13.4. The molecule has 0 saturated carbocycles. The number of thiophene rings is 1. The lowest BCUT2D eigenvalue weighted by molar-refractivity contribution is -0.135. The van der Waals surface area contributed by atoms with Crippen molar-refractivity contribution in [3.63, 3.8) is 0 Å². The lowest BCUT2D eigenvalue weighted by Gasteiger charge is -2.30. The van der Waals surface area contributed by atoms with Crippen molar-refractivity contribution in [2.45, 2.75) is 25.9 Å².